The predicted octanol–water partition coefficient (Wildman–Crippen LogP) is 2.95. The molecule has 19 heavy (non-hydrogen) atoms. The SMILES string of the molecule is CCC1CN(C(=O)C2(C)CCCCC2)C(CC)CN1. The zero-order chi connectivity index (χ0) is 13.9. The summed E-state index contributed by atoms with van der Waals surface area (Å²) >= 11 is 0. The van der Waals surface area contributed by atoms with Gasteiger partial charge in [0.25, 0.3) is 0 Å². The van der Waals surface area contributed by atoms with Gasteiger partial charge in [0.2, 0.25) is 5.91 Å². The van der Waals surface area contributed by atoms with E-state index >= 15 is 0 Å². The van der Waals surface area contributed by atoms with Crippen molar-refractivity contribution in [2.24, 2.45) is 5.41 Å². The van der Waals surface area contributed by atoms with Crippen molar-refractivity contribution in [3.05, 3.63) is 0 Å². The van der Waals surface area contributed by atoms with Crippen molar-refractivity contribution >= 4 is 5.91 Å². The summed E-state index contributed by atoms with van der Waals surface area (Å²) in [5.74, 6) is 0.430. The molecule has 1 heterocycles. The molecule has 2 aliphatic rings. The molecule has 1 aliphatic heterocycles. The van der Waals surface area contributed by atoms with Gasteiger partial charge in [0, 0.05) is 30.6 Å². The molecule has 1 aliphatic carbocycles. The van der Waals surface area contributed by atoms with Gasteiger partial charge in [-0.3, -0.25) is 4.79 Å². The summed E-state index contributed by atoms with van der Waals surface area (Å²) in [6, 6.07) is 0.882. The van der Waals surface area contributed by atoms with Crippen molar-refractivity contribution in [2.75, 3.05) is 13.1 Å². The number of carbonyl (C=O) groups is 1. The summed E-state index contributed by atoms with van der Waals surface area (Å²) in [6.07, 6.45) is 8.10. The lowest BCUT2D eigenvalue weighted by atomic mass is 9.74. The number of nitrogens with one attached hydrogen (secondary N) is 1. The third-order valence-electron chi connectivity index (χ3n) is 5.20. The number of hydrogen-bond donors (Lipinski definition) is 1. The second kappa shape index (κ2) is 6.25. The smallest absolute Gasteiger partial charge is 0.228 e. The van der Waals surface area contributed by atoms with E-state index < -0.39 is 0 Å². The number of nitrogens with zero attached hydrogens (tertiary/aromatic N) is 1. The van der Waals surface area contributed by atoms with E-state index in [9.17, 15) is 4.79 Å². The van der Waals surface area contributed by atoms with Crippen molar-refractivity contribution in [3.63, 3.8) is 0 Å². The number of amides is 1. The molecule has 0 aromatic rings. The minimum atomic E-state index is -0.0820. The van der Waals surface area contributed by atoms with E-state index in [4.69, 9.17) is 0 Å². The molecule has 0 bridgehead atoms. The van der Waals surface area contributed by atoms with Crippen LogP contribution in [0.3, 0.4) is 0 Å². The van der Waals surface area contributed by atoms with Crippen LogP contribution < -0.4 is 5.32 Å². The molecule has 1 saturated heterocycles. The highest BCUT2D eigenvalue weighted by Crippen LogP contribution is 2.38. The van der Waals surface area contributed by atoms with Crippen molar-refractivity contribution in [1.29, 1.82) is 0 Å². The van der Waals surface area contributed by atoms with Crippen molar-refractivity contribution in [3.8, 4) is 0 Å². The van der Waals surface area contributed by atoms with Crippen LogP contribution in [0, 0.1) is 5.41 Å². The fourth-order valence-corrected chi connectivity index (χ4v) is 3.64. The summed E-state index contributed by atoms with van der Waals surface area (Å²) in [5.41, 5.74) is -0.0820. The lowest BCUT2D eigenvalue weighted by Crippen LogP contribution is -2.60. The van der Waals surface area contributed by atoms with Crippen LogP contribution in [-0.4, -0.2) is 36.0 Å². The Labute approximate surface area is 118 Å². The lowest BCUT2D eigenvalue weighted by molar-refractivity contribution is -0.147. The Morgan fingerprint density at radius 3 is 2.47 bits per heavy atom. The predicted molar refractivity (Wildman–Crippen MR) is 79.1 cm³/mol. The van der Waals surface area contributed by atoms with E-state index in [1.165, 1.54) is 19.3 Å². The van der Waals surface area contributed by atoms with Gasteiger partial charge in [0.05, 0.1) is 0 Å². The quantitative estimate of drug-likeness (QED) is 0.852. The Kier molecular flexibility index (Phi) is 4.88. The minimum absolute atomic E-state index is 0.0820. The third kappa shape index (κ3) is 3.13. The second-order valence-corrected chi connectivity index (χ2v) is 6.65. The van der Waals surface area contributed by atoms with Gasteiger partial charge in [-0.15, -0.1) is 0 Å². The first kappa shape index (κ1) is 14.8. The van der Waals surface area contributed by atoms with E-state index in [1.807, 2.05) is 0 Å². The summed E-state index contributed by atoms with van der Waals surface area (Å²) in [5, 5.41) is 3.58. The Hall–Kier alpha value is -0.570. The molecule has 1 N–H and O–H groups in total. The molecule has 2 atom stereocenters. The standard InChI is InChI=1S/C16H30N2O/c1-4-13-12-18(14(5-2)11-17-13)15(19)16(3)9-7-6-8-10-16/h13-14,17H,4-12H2,1-3H3. The number of piperazine rings is 1. The molecule has 0 radical (unpaired) electrons. The lowest BCUT2D eigenvalue weighted by Gasteiger charge is -2.45. The first-order valence-corrected chi connectivity index (χ1v) is 8.15. The van der Waals surface area contributed by atoms with Crippen LogP contribution >= 0.6 is 0 Å². The van der Waals surface area contributed by atoms with Gasteiger partial charge in [-0.25, -0.2) is 0 Å². The van der Waals surface area contributed by atoms with Crippen LogP contribution in [0.2, 0.25) is 0 Å². The second-order valence-electron chi connectivity index (χ2n) is 6.65. The van der Waals surface area contributed by atoms with Crippen LogP contribution in [-0.2, 0) is 4.79 Å². The molecule has 2 rings (SSSR count). The molecule has 0 aromatic heterocycles. The highest BCUT2D eigenvalue weighted by Gasteiger charge is 2.41. The van der Waals surface area contributed by atoms with E-state index in [1.54, 1.807) is 0 Å². The van der Waals surface area contributed by atoms with E-state index in [-0.39, 0.29) is 5.41 Å². The minimum Gasteiger partial charge on any atom is -0.336 e. The molecule has 1 saturated carbocycles. The number of hydrogen-bond acceptors (Lipinski definition) is 2. The Morgan fingerprint density at radius 1 is 1.21 bits per heavy atom. The van der Waals surface area contributed by atoms with Gasteiger partial charge in [0.1, 0.15) is 0 Å². The summed E-state index contributed by atoms with van der Waals surface area (Å²) in [6.45, 7) is 8.47. The zero-order valence-corrected chi connectivity index (χ0v) is 12.9. The van der Waals surface area contributed by atoms with Crippen LogP contribution in [0.1, 0.15) is 65.7 Å². The monoisotopic (exact) mass is 266 g/mol. The molecule has 110 valence electrons. The molecular weight excluding hydrogens is 236 g/mol. The van der Waals surface area contributed by atoms with Crippen LogP contribution in [0.25, 0.3) is 0 Å². The van der Waals surface area contributed by atoms with Gasteiger partial charge in [-0.2, -0.15) is 0 Å². The van der Waals surface area contributed by atoms with Gasteiger partial charge in [-0.1, -0.05) is 40.0 Å². The fourth-order valence-electron chi connectivity index (χ4n) is 3.64. The van der Waals surface area contributed by atoms with Crippen LogP contribution in [0.15, 0.2) is 0 Å². The molecular formula is C16H30N2O. The highest BCUT2D eigenvalue weighted by atomic mass is 16.2. The topological polar surface area (TPSA) is 32.3 Å². The molecule has 2 fully saturated rings. The van der Waals surface area contributed by atoms with Crippen LogP contribution in [0.5, 0.6) is 0 Å². The Morgan fingerprint density at radius 2 is 1.89 bits per heavy atom. The third-order valence-corrected chi connectivity index (χ3v) is 5.20. The Balaban J connectivity index is 2.09. The maximum Gasteiger partial charge on any atom is 0.228 e. The summed E-state index contributed by atoms with van der Waals surface area (Å²) in [7, 11) is 0. The average Bonchev–Trinajstić information content (AvgIpc) is 2.46. The van der Waals surface area contributed by atoms with Gasteiger partial charge < -0.3 is 10.2 Å². The molecule has 2 unspecified atom stereocenters. The molecule has 1 amide bonds. The van der Waals surface area contributed by atoms with Gasteiger partial charge >= 0.3 is 0 Å². The first-order valence-electron chi connectivity index (χ1n) is 8.15. The summed E-state index contributed by atoms with van der Waals surface area (Å²) in [4.78, 5) is 15.2. The molecule has 0 spiro atoms. The number of carbonyl (C=O) groups excluding carboxylic acids is 1. The maximum absolute atomic E-state index is 13.0. The van der Waals surface area contributed by atoms with E-state index in [0.29, 0.717) is 18.0 Å². The molecule has 3 nitrogen and oxygen atoms in total. The van der Waals surface area contributed by atoms with E-state index in [0.717, 1.165) is 38.8 Å². The molecule has 3 heteroatoms. The Bertz CT molecular complexity index is 310. The van der Waals surface area contributed by atoms with Crippen molar-refractivity contribution in [2.45, 2.75) is 77.8 Å². The first-order chi connectivity index (χ1) is 9.10. The number of rotatable bonds is 3. The van der Waals surface area contributed by atoms with Crippen LogP contribution in [0.4, 0.5) is 0 Å². The maximum atomic E-state index is 13.0. The van der Waals surface area contributed by atoms with Gasteiger partial charge in [0.15, 0.2) is 0 Å². The highest BCUT2D eigenvalue weighted by molar-refractivity contribution is 5.83. The van der Waals surface area contributed by atoms with Crippen molar-refractivity contribution in [1.82, 2.24) is 10.2 Å². The average molecular weight is 266 g/mol. The summed E-state index contributed by atoms with van der Waals surface area (Å²) < 4.78 is 0. The molecule has 0 aromatic carbocycles. The normalized spacial score (nSPS) is 31.2. The largest absolute Gasteiger partial charge is 0.336 e. The van der Waals surface area contributed by atoms with Gasteiger partial charge in [-0.05, 0) is 25.7 Å². The van der Waals surface area contributed by atoms with E-state index in [2.05, 4.69) is 31.0 Å². The van der Waals surface area contributed by atoms with Crippen molar-refractivity contribution < 1.29 is 4.79 Å². The zero-order valence-electron chi connectivity index (χ0n) is 12.9. The fraction of sp³-hybridized carbons (Fsp3) is 0.938.